The highest BCUT2D eigenvalue weighted by Crippen LogP contribution is 2.39. The molecule has 3 aliphatic rings. The lowest BCUT2D eigenvalue weighted by atomic mass is 9.99. The third-order valence-electron chi connectivity index (χ3n) is 4.71. The van der Waals surface area contributed by atoms with E-state index >= 15 is 0 Å². The van der Waals surface area contributed by atoms with Crippen molar-refractivity contribution in [1.29, 1.82) is 0 Å². The topological polar surface area (TPSA) is 60.9 Å². The maximum absolute atomic E-state index is 12.5. The van der Waals surface area contributed by atoms with E-state index in [4.69, 9.17) is 0 Å². The summed E-state index contributed by atoms with van der Waals surface area (Å²) in [5.41, 5.74) is -0.950. The van der Waals surface area contributed by atoms with Gasteiger partial charge in [-0.15, -0.1) is 0 Å². The van der Waals surface area contributed by atoms with E-state index in [-0.39, 0.29) is 13.0 Å². The Morgan fingerprint density at radius 2 is 1.91 bits per heavy atom. The lowest BCUT2D eigenvalue weighted by Crippen LogP contribution is -2.48. The van der Waals surface area contributed by atoms with Gasteiger partial charge in [-0.2, -0.15) is 13.2 Å². The van der Waals surface area contributed by atoms with Crippen LogP contribution in [0.3, 0.4) is 0 Å². The van der Waals surface area contributed by atoms with Crippen LogP contribution in [0, 0.1) is 0 Å². The number of carbonyl (C=O) groups is 3. The minimum atomic E-state index is -4.49. The number of amides is 4. The van der Waals surface area contributed by atoms with Crippen LogP contribution in [0.5, 0.6) is 0 Å². The van der Waals surface area contributed by atoms with Crippen LogP contribution in [0.1, 0.15) is 26.2 Å². The lowest BCUT2D eigenvalue weighted by Gasteiger charge is -2.23. The van der Waals surface area contributed by atoms with Crippen LogP contribution in [0.15, 0.2) is 0 Å². The normalized spacial score (nSPS) is 32.5. The molecule has 0 spiro atoms. The molecule has 1 unspecified atom stereocenters. The van der Waals surface area contributed by atoms with Crippen molar-refractivity contribution in [2.24, 2.45) is 0 Å². The van der Waals surface area contributed by atoms with E-state index in [9.17, 15) is 27.6 Å². The lowest BCUT2D eigenvalue weighted by molar-refractivity contribution is -0.159. The largest absolute Gasteiger partial charge is 0.406 e. The first-order chi connectivity index (χ1) is 10.1. The molecule has 3 fully saturated rings. The molecular formula is C13H16F3N3O3. The zero-order chi connectivity index (χ0) is 16.3. The molecule has 2 atom stereocenters. The molecule has 0 aliphatic carbocycles. The van der Waals surface area contributed by atoms with Gasteiger partial charge in [0.05, 0.1) is 0 Å². The number of rotatable bonds is 2. The van der Waals surface area contributed by atoms with Gasteiger partial charge < -0.3 is 9.80 Å². The van der Waals surface area contributed by atoms with Gasteiger partial charge in [0.1, 0.15) is 18.1 Å². The molecule has 0 bridgehead atoms. The highest BCUT2D eigenvalue weighted by Gasteiger charge is 2.60. The Bertz CT molecular complexity index is 550. The van der Waals surface area contributed by atoms with E-state index in [2.05, 4.69) is 0 Å². The van der Waals surface area contributed by atoms with Gasteiger partial charge in [-0.05, 0) is 26.2 Å². The first-order valence-corrected chi connectivity index (χ1v) is 7.16. The number of carbonyl (C=O) groups excluding carboxylic acids is 3. The molecule has 6 nitrogen and oxygen atoms in total. The van der Waals surface area contributed by atoms with Gasteiger partial charge in [-0.1, -0.05) is 0 Å². The first kappa shape index (κ1) is 15.1. The number of nitrogens with zero attached hydrogens (tertiary/aromatic N) is 3. The molecule has 3 aliphatic heterocycles. The second-order valence-corrected chi connectivity index (χ2v) is 6.17. The van der Waals surface area contributed by atoms with Gasteiger partial charge in [0, 0.05) is 13.1 Å². The van der Waals surface area contributed by atoms with Crippen LogP contribution < -0.4 is 0 Å². The fraction of sp³-hybridized carbons (Fsp3) is 0.769. The van der Waals surface area contributed by atoms with Gasteiger partial charge in [-0.25, -0.2) is 9.69 Å². The fourth-order valence-electron chi connectivity index (χ4n) is 3.58. The molecule has 22 heavy (non-hydrogen) atoms. The van der Waals surface area contributed by atoms with Crippen molar-refractivity contribution in [1.82, 2.24) is 14.7 Å². The molecule has 9 heteroatoms. The molecule has 3 rings (SSSR count). The summed E-state index contributed by atoms with van der Waals surface area (Å²) in [5.74, 6) is -1.27. The Hall–Kier alpha value is -1.80. The molecule has 0 aromatic rings. The van der Waals surface area contributed by atoms with Gasteiger partial charge >= 0.3 is 12.2 Å². The maximum Gasteiger partial charge on any atom is 0.406 e. The molecule has 0 saturated carbocycles. The highest BCUT2D eigenvalue weighted by molar-refractivity contribution is 6.10. The van der Waals surface area contributed by atoms with E-state index < -0.39 is 42.1 Å². The molecule has 3 heterocycles. The third-order valence-corrected chi connectivity index (χ3v) is 4.71. The van der Waals surface area contributed by atoms with E-state index in [1.807, 2.05) is 0 Å². The SMILES string of the molecule is C[C@@]12CCCN1C(=O)N(C1CCN(CC(F)(F)F)C1=O)C2=O. The van der Waals surface area contributed by atoms with E-state index in [0.29, 0.717) is 24.3 Å². The van der Waals surface area contributed by atoms with Crippen LogP contribution in [0.4, 0.5) is 18.0 Å². The summed E-state index contributed by atoms with van der Waals surface area (Å²) in [6.45, 7) is 0.633. The second kappa shape index (κ2) is 4.60. The fourth-order valence-corrected chi connectivity index (χ4v) is 3.58. The maximum atomic E-state index is 12.5. The molecule has 0 radical (unpaired) electrons. The van der Waals surface area contributed by atoms with Crippen molar-refractivity contribution in [3.63, 3.8) is 0 Å². The minimum absolute atomic E-state index is 0.0519. The van der Waals surface area contributed by atoms with Gasteiger partial charge in [-0.3, -0.25) is 9.59 Å². The number of likely N-dealkylation sites (tertiary alicyclic amines) is 1. The molecular weight excluding hydrogens is 303 g/mol. The van der Waals surface area contributed by atoms with Crippen molar-refractivity contribution in [3.05, 3.63) is 0 Å². The summed E-state index contributed by atoms with van der Waals surface area (Å²) in [6, 6.07) is -1.66. The van der Waals surface area contributed by atoms with Crippen molar-refractivity contribution >= 4 is 17.8 Å². The molecule has 0 N–H and O–H groups in total. The van der Waals surface area contributed by atoms with Crippen molar-refractivity contribution < 1.29 is 27.6 Å². The predicted molar refractivity (Wildman–Crippen MR) is 67.6 cm³/mol. The number of imide groups is 1. The second-order valence-electron chi connectivity index (χ2n) is 6.17. The average molecular weight is 319 g/mol. The Kier molecular flexibility index (Phi) is 3.16. The number of urea groups is 1. The summed E-state index contributed by atoms with van der Waals surface area (Å²) >= 11 is 0. The molecule has 0 aromatic heterocycles. The minimum Gasteiger partial charge on any atom is -0.332 e. The zero-order valence-electron chi connectivity index (χ0n) is 12.0. The molecule has 4 amide bonds. The Morgan fingerprint density at radius 3 is 2.50 bits per heavy atom. The van der Waals surface area contributed by atoms with Gasteiger partial charge in [0.25, 0.3) is 5.91 Å². The number of alkyl halides is 3. The number of hydrogen-bond acceptors (Lipinski definition) is 3. The molecule has 0 aromatic carbocycles. The Morgan fingerprint density at radius 1 is 1.23 bits per heavy atom. The van der Waals surface area contributed by atoms with Gasteiger partial charge in [0.15, 0.2) is 0 Å². The highest BCUT2D eigenvalue weighted by atomic mass is 19.4. The average Bonchev–Trinajstić information content (AvgIpc) is 2.99. The van der Waals surface area contributed by atoms with E-state index in [1.54, 1.807) is 6.92 Å². The summed E-state index contributed by atoms with van der Waals surface area (Å²) in [6.07, 6.45) is -3.21. The standard InChI is InChI=1S/C13H16F3N3O3/c1-12-4-2-5-18(12)11(22)19(10(12)21)8-3-6-17(9(8)20)7-13(14,15)16/h8H,2-7H2,1H3/t8?,12-/m0/s1. The summed E-state index contributed by atoms with van der Waals surface area (Å²) < 4.78 is 37.3. The molecule has 3 saturated heterocycles. The van der Waals surface area contributed by atoms with Crippen LogP contribution >= 0.6 is 0 Å². The van der Waals surface area contributed by atoms with Crippen LogP contribution in [0.25, 0.3) is 0 Å². The molecule has 122 valence electrons. The zero-order valence-corrected chi connectivity index (χ0v) is 12.0. The number of fused-ring (bicyclic) bond motifs is 1. The predicted octanol–water partition coefficient (Wildman–Crippen LogP) is 0.966. The summed E-state index contributed by atoms with van der Waals surface area (Å²) in [4.78, 5) is 40.0. The summed E-state index contributed by atoms with van der Waals surface area (Å²) in [5, 5.41) is 0. The first-order valence-electron chi connectivity index (χ1n) is 7.16. The number of hydrogen-bond donors (Lipinski definition) is 0. The smallest absolute Gasteiger partial charge is 0.332 e. The van der Waals surface area contributed by atoms with Gasteiger partial charge in [0.2, 0.25) is 5.91 Å². The number of halogens is 3. The quantitative estimate of drug-likeness (QED) is 0.713. The van der Waals surface area contributed by atoms with Crippen LogP contribution in [-0.2, 0) is 9.59 Å². The summed E-state index contributed by atoms with van der Waals surface area (Å²) in [7, 11) is 0. The van der Waals surface area contributed by atoms with Crippen molar-refractivity contribution in [2.75, 3.05) is 19.6 Å². The Balaban J connectivity index is 1.80. The van der Waals surface area contributed by atoms with E-state index in [1.165, 1.54) is 4.90 Å². The van der Waals surface area contributed by atoms with Crippen LogP contribution in [0.2, 0.25) is 0 Å². The third kappa shape index (κ3) is 2.05. The van der Waals surface area contributed by atoms with Crippen LogP contribution in [-0.4, -0.2) is 69.9 Å². The van der Waals surface area contributed by atoms with E-state index in [0.717, 1.165) is 4.90 Å². The van der Waals surface area contributed by atoms with Crippen molar-refractivity contribution in [3.8, 4) is 0 Å². The van der Waals surface area contributed by atoms with Crippen molar-refractivity contribution in [2.45, 2.75) is 43.9 Å². The monoisotopic (exact) mass is 319 g/mol. The Labute approximate surface area is 124 Å².